The molecule has 1 aromatic carbocycles. The summed E-state index contributed by atoms with van der Waals surface area (Å²) in [5, 5.41) is 2.51. The molecule has 2 aromatic rings. The number of methoxy groups -OCH3 is 1. The number of carbonyl (C=O) groups is 1. The average molecular weight is 303 g/mol. The first-order valence-corrected chi connectivity index (χ1v) is 7.88. The molecule has 0 saturated heterocycles. The monoisotopic (exact) mass is 303 g/mol. The summed E-state index contributed by atoms with van der Waals surface area (Å²) >= 11 is 1.41. The molecule has 0 radical (unpaired) electrons. The topological polar surface area (TPSA) is 48.4 Å². The summed E-state index contributed by atoms with van der Waals surface area (Å²) in [4.78, 5) is 16.5. The van der Waals surface area contributed by atoms with Gasteiger partial charge < -0.3 is 9.47 Å². The van der Waals surface area contributed by atoms with Gasteiger partial charge in [-0.05, 0) is 30.4 Å². The number of nitrogens with zero attached hydrogens (tertiary/aromatic N) is 1. The van der Waals surface area contributed by atoms with Crippen molar-refractivity contribution in [1.82, 2.24) is 4.98 Å². The van der Waals surface area contributed by atoms with Crippen molar-refractivity contribution >= 4 is 17.3 Å². The summed E-state index contributed by atoms with van der Waals surface area (Å²) in [5.41, 5.74) is 2.78. The molecule has 0 saturated carbocycles. The SMILES string of the molecule is COCc1nc(C(=O)OC2CCCc3ccccc32)cs1. The van der Waals surface area contributed by atoms with E-state index in [0.29, 0.717) is 12.3 Å². The summed E-state index contributed by atoms with van der Waals surface area (Å²) in [6.45, 7) is 0.421. The number of fused-ring (bicyclic) bond motifs is 1. The fraction of sp³-hybridized carbons (Fsp3) is 0.375. The van der Waals surface area contributed by atoms with E-state index in [1.54, 1.807) is 12.5 Å². The second kappa shape index (κ2) is 6.37. The predicted molar refractivity (Wildman–Crippen MR) is 80.4 cm³/mol. The number of carbonyl (C=O) groups excluding carboxylic acids is 1. The van der Waals surface area contributed by atoms with Crippen molar-refractivity contribution in [2.75, 3.05) is 7.11 Å². The fourth-order valence-electron chi connectivity index (χ4n) is 2.62. The number of hydrogen-bond donors (Lipinski definition) is 0. The van der Waals surface area contributed by atoms with E-state index in [0.717, 1.165) is 29.8 Å². The Kier molecular flexibility index (Phi) is 4.31. The van der Waals surface area contributed by atoms with Gasteiger partial charge >= 0.3 is 5.97 Å². The van der Waals surface area contributed by atoms with Crippen molar-refractivity contribution < 1.29 is 14.3 Å². The second-order valence-corrected chi connectivity index (χ2v) is 5.99. The Morgan fingerprint density at radius 1 is 1.43 bits per heavy atom. The van der Waals surface area contributed by atoms with Crippen LogP contribution in [0.1, 0.15) is 45.6 Å². The highest BCUT2D eigenvalue weighted by molar-refractivity contribution is 7.09. The Morgan fingerprint density at radius 2 is 2.29 bits per heavy atom. The van der Waals surface area contributed by atoms with E-state index >= 15 is 0 Å². The Labute approximate surface area is 127 Å². The van der Waals surface area contributed by atoms with Gasteiger partial charge in [-0.25, -0.2) is 9.78 Å². The van der Waals surface area contributed by atoms with Crippen molar-refractivity contribution in [3.8, 4) is 0 Å². The summed E-state index contributed by atoms with van der Waals surface area (Å²) in [6, 6.07) is 8.17. The molecule has 1 aromatic heterocycles. The van der Waals surface area contributed by atoms with Crippen LogP contribution in [0.4, 0.5) is 0 Å². The molecule has 1 unspecified atom stereocenters. The van der Waals surface area contributed by atoms with Crippen molar-refractivity contribution in [3.05, 3.63) is 51.5 Å². The Morgan fingerprint density at radius 3 is 3.14 bits per heavy atom. The van der Waals surface area contributed by atoms with Crippen molar-refractivity contribution in [3.63, 3.8) is 0 Å². The zero-order valence-corrected chi connectivity index (χ0v) is 12.7. The van der Waals surface area contributed by atoms with E-state index in [9.17, 15) is 4.79 Å². The molecule has 1 heterocycles. The number of hydrogen-bond acceptors (Lipinski definition) is 5. The van der Waals surface area contributed by atoms with Gasteiger partial charge in [0.2, 0.25) is 0 Å². The van der Waals surface area contributed by atoms with Gasteiger partial charge in [-0.2, -0.15) is 0 Å². The molecule has 1 aliphatic rings. The largest absolute Gasteiger partial charge is 0.453 e. The number of esters is 1. The molecule has 5 heteroatoms. The van der Waals surface area contributed by atoms with E-state index in [2.05, 4.69) is 11.1 Å². The van der Waals surface area contributed by atoms with E-state index < -0.39 is 0 Å². The average Bonchev–Trinajstić information content (AvgIpc) is 2.97. The lowest BCUT2D eigenvalue weighted by Crippen LogP contribution is -2.17. The fourth-order valence-corrected chi connectivity index (χ4v) is 3.35. The number of thiazole rings is 1. The molecule has 0 bridgehead atoms. The van der Waals surface area contributed by atoms with Gasteiger partial charge in [-0.3, -0.25) is 0 Å². The first kappa shape index (κ1) is 14.2. The Bertz CT molecular complexity index is 638. The minimum atomic E-state index is -0.352. The lowest BCUT2D eigenvalue weighted by molar-refractivity contribution is 0.0250. The third kappa shape index (κ3) is 3.14. The normalized spacial score (nSPS) is 17.3. The molecule has 4 nitrogen and oxygen atoms in total. The van der Waals surface area contributed by atoms with Gasteiger partial charge in [0.05, 0.1) is 6.61 Å². The van der Waals surface area contributed by atoms with Gasteiger partial charge in [0, 0.05) is 12.5 Å². The zero-order valence-electron chi connectivity index (χ0n) is 11.9. The van der Waals surface area contributed by atoms with Crippen LogP contribution in [-0.4, -0.2) is 18.1 Å². The van der Waals surface area contributed by atoms with Crippen LogP contribution in [0.15, 0.2) is 29.6 Å². The van der Waals surface area contributed by atoms with Crippen LogP contribution >= 0.6 is 11.3 Å². The Hall–Kier alpha value is -1.72. The number of aromatic nitrogens is 1. The molecular weight excluding hydrogens is 286 g/mol. The third-order valence-electron chi connectivity index (χ3n) is 3.59. The number of ether oxygens (including phenoxy) is 2. The summed E-state index contributed by atoms with van der Waals surface area (Å²) in [5.74, 6) is -0.352. The smallest absolute Gasteiger partial charge is 0.358 e. The first-order chi connectivity index (χ1) is 10.3. The Balaban J connectivity index is 1.73. The first-order valence-electron chi connectivity index (χ1n) is 7.00. The lowest BCUT2D eigenvalue weighted by atomic mass is 9.89. The molecule has 0 spiro atoms. The lowest BCUT2D eigenvalue weighted by Gasteiger charge is -2.25. The molecule has 0 N–H and O–H groups in total. The highest BCUT2D eigenvalue weighted by Gasteiger charge is 2.24. The van der Waals surface area contributed by atoms with E-state index in [1.165, 1.54) is 16.9 Å². The number of aryl methyl sites for hydroxylation is 1. The maximum atomic E-state index is 12.2. The molecule has 1 atom stereocenters. The van der Waals surface area contributed by atoms with Crippen molar-refractivity contribution in [2.24, 2.45) is 0 Å². The van der Waals surface area contributed by atoms with Crippen LogP contribution in [0.5, 0.6) is 0 Å². The molecule has 110 valence electrons. The van der Waals surface area contributed by atoms with E-state index in [-0.39, 0.29) is 12.1 Å². The van der Waals surface area contributed by atoms with E-state index in [1.807, 2.05) is 18.2 Å². The van der Waals surface area contributed by atoms with Crippen molar-refractivity contribution in [2.45, 2.75) is 32.0 Å². The molecule has 1 aliphatic carbocycles. The zero-order chi connectivity index (χ0) is 14.7. The van der Waals surface area contributed by atoms with E-state index in [4.69, 9.17) is 9.47 Å². The second-order valence-electron chi connectivity index (χ2n) is 5.04. The molecular formula is C16H17NO3S. The summed E-state index contributed by atoms with van der Waals surface area (Å²) in [7, 11) is 1.61. The van der Waals surface area contributed by atoms with Crippen LogP contribution in [0.3, 0.4) is 0 Å². The van der Waals surface area contributed by atoms with Gasteiger partial charge in [0.1, 0.15) is 11.1 Å². The third-order valence-corrected chi connectivity index (χ3v) is 4.41. The van der Waals surface area contributed by atoms with Gasteiger partial charge in [0.15, 0.2) is 5.69 Å². The molecule has 0 amide bonds. The van der Waals surface area contributed by atoms with Crippen LogP contribution < -0.4 is 0 Å². The van der Waals surface area contributed by atoms with Crippen LogP contribution in [-0.2, 0) is 22.5 Å². The highest BCUT2D eigenvalue weighted by Crippen LogP contribution is 2.33. The molecule has 0 fully saturated rings. The standard InChI is InChI=1S/C16H17NO3S/c1-19-9-15-17-13(10-21-15)16(18)20-14-8-4-6-11-5-2-3-7-12(11)14/h2-3,5,7,10,14H,4,6,8-9H2,1H3. The van der Waals surface area contributed by atoms with Gasteiger partial charge in [0.25, 0.3) is 0 Å². The number of rotatable bonds is 4. The van der Waals surface area contributed by atoms with Crippen LogP contribution in [0.25, 0.3) is 0 Å². The van der Waals surface area contributed by atoms with Crippen LogP contribution in [0, 0.1) is 0 Å². The van der Waals surface area contributed by atoms with Crippen molar-refractivity contribution in [1.29, 1.82) is 0 Å². The molecule has 0 aliphatic heterocycles. The summed E-state index contributed by atoms with van der Waals surface area (Å²) < 4.78 is 10.7. The maximum absolute atomic E-state index is 12.2. The molecule has 21 heavy (non-hydrogen) atoms. The van der Waals surface area contributed by atoms with Gasteiger partial charge in [-0.15, -0.1) is 11.3 Å². The maximum Gasteiger partial charge on any atom is 0.358 e. The number of benzene rings is 1. The minimum absolute atomic E-state index is 0.157. The summed E-state index contributed by atoms with van der Waals surface area (Å²) in [6.07, 6.45) is 2.81. The minimum Gasteiger partial charge on any atom is -0.453 e. The van der Waals surface area contributed by atoms with Crippen LogP contribution in [0.2, 0.25) is 0 Å². The quantitative estimate of drug-likeness (QED) is 0.811. The highest BCUT2D eigenvalue weighted by atomic mass is 32.1. The van der Waals surface area contributed by atoms with Gasteiger partial charge in [-0.1, -0.05) is 24.3 Å². The molecule has 3 rings (SSSR count). The predicted octanol–water partition coefficient (Wildman–Crippen LogP) is 3.52.